The topological polar surface area (TPSA) is 13.1 Å². The quantitative estimate of drug-likeness (QED) is 0.326. The van der Waals surface area contributed by atoms with E-state index in [0.717, 1.165) is 38.2 Å². The zero-order chi connectivity index (χ0) is 17.5. The van der Waals surface area contributed by atoms with Crippen molar-refractivity contribution in [3.63, 3.8) is 0 Å². The van der Waals surface area contributed by atoms with Crippen LogP contribution in [-0.2, 0) is 7.05 Å². The molecular formula is C21H17FNOS+. The molecule has 3 heterocycles. The maximum absolute atomic E-state index is 15.2. The van der Waals surface area contributed by atoms with E-state index in [1.807, 2.05) is 31.5 Å². The Balaban J connectivity index is 2.07. The van der Waals surface area contributed by atoms with Crippen molar-refractivity contribution >= 4 is 32.3 Å². The van der Waals surface area contributed by atoms with E-state index in [1.54, 1.807) is 11.3 Å². The Bertz CT molecular complexity index is 1220. The van der Waals surface area contributed by atoms with Crippen molar-refractivity contribution in [1.82, 2.24) is 0 Å². The van der Waals surface area contributed by atoms with Gasteiger partial charge < -0.3 is 4.74 Å². The standard InChI is InChI=1S/C21H17FNOS/c1-10-7-13-9-11(2)12(3)16-17(13)15(8-10)24-20-18(22)14-5-6-25-21(14)23(4)19(16)20/h5-9H,1-4H3/q+1. The second-order valence-corrected chi connectivity index (χ2v) is 7.74. The summed E-state index contributed by atoms with van der Waals surface area (Å²) in [5, 5.41) is 4.76. The normalized spacial score (nSPS) is 12.5. The van der Waals surface area contributed by atoms with Crippen LogP contribution in [0.1, 0.15) is 16.7 Å². The van der Waals surface area contributed by atoms with Crippen LogP contribution in [0.5, 0.6) is 11.5 Å². The maximum atomic E-state index is 15.2. The number of hydrogen-bond acceptors (Lipinski definition) is 2. The van der Waals surface area contributed by atoms with E-state index in [4.69, 9.17) is 4.74 Å². The molecule has 0 unspecified atom stereocenters. The minimum absolute atomic E-state index is 0.273. The lowest BCUT2D eigenvalue weighted by Gasteiger charge is -2.22. The van der Waals surface area contributed by atoms with Gasteiger partial charge in [0.05, 0.1) is 10.9 Å². The average Bonchev–Trinajstić information content (AvgIpc) is 3.06. The third kappa shape index (κ3) is 1.80. The van der Waals surface area contributed by atoms with Crippen LogP contribution in [0.25, 0.3) is 32.2 Å². The predicted octanol–water partition coefficient (Wildman–Crippen LogP) is 5.72. The number of nitrogens with zero attached hydrogens (tertiary/aromatic N) is 1. The summed E-state index contributed by atoms with van der Waals surface area (Å²) >= 11 is 1.55. The zero-order valence-electron chi connectivity index (χ0n) is 14.5. The van der Waals surface area contributed by atoms with Gasteiger partial charge in [0.15, 0.2) is 5.82 Å². The van der Waals surface area contributed by atoms with E-state index in [0.29, 0.717) is 11.1 Å². The van der Waals surface area contributed by atoms with Crippen LogP contribution in [0.15, 0.2) is 29.6 Å². The molecular weight excluding hydrogens is 333 g/mol. The minimum atomic E-state index is -0.273. The molecule has 124 valence electrons. The highest BCUT2D eigenvalue weighted by molar-refractivity contribution is 7.16. The first kappa shape index (κ1) is 14.8. The summed E-state index contributed by atoms with van der Waals surface area (Å²) in [6, 6.07) is 8.19. The van der Waals surface area contributed by atoms with Gasteiger partial charge in [0, 0.05) is 5.39 Å². The lowest BCUT2D eigenvalue weighted by molar-refractivity contribution is -0.631. The largest absolute Gasteiger partial charge is 0.447 e. The molecule has 0 aliphatic carbocycles. The number of fused-ring (bicyclic) bond motifs is 3. The van der Waals surface area contributed by atoms with Gasteiger partial charge in [-0.25, -0.2) is 4.39 Å². The molecule has 2 nitrogen and oxygen atoms in total. The smallest absolute Gasteiger partial charge is 0.272 e. The van der Waals surface area contributed by atoms with Gasteiger partial charge in [-0.1, -0.05) is 23.5 Å². The van der Waals surface area contributed by atoms with Crippen molar-refractivity contribution in [3.8, 4) is 22.8 Å². The lowest BCUT2D eigenvalue weighted by atomic mass is 9.90. The van der Waals surface area contributed by atoms with Gasteiger partial charge in [0.1, 0.15) is 12.8 Å². The van der Waals surface area contributed by atoms with Crippen molar-refractivity contribution in [1.29, 1.82) is 0 Å². The van der Waals surface area contributed by atoms with Crippen molar-refractivity contribution in [2.24, 2.45) is 7.05 Å². The molecule has 2 aromatic carbocycles. The minimum Gasteiger partial charge on any atom is -0.447 e. The Morgan fingerprint density at radius 1 is 1.12 bits per heavy atom. The fourth-order valence-electron chi connectivity index (χ4n) is 3.96. The Morgan fingerprint density at radius 2 is 1.92 bits per heavy atom. The van der Waals surface area contributed by atoms with E-state index in [-0.39, 0.29) is 5.82 Å². The first-order chi connectivity index (χ1) is 12.0. The van der Waals surface area contributed by atoms with E-state index in [9.17, 15) is 0 Å². The second kappa shape index (κ2) is 4.79. The average molecular weight is 350 g/mol. The molecule has 0 radical (unpaired) electrons. The SMILES string of the molecule is Cc1cc2c3c(c(C)c(C)cc3c1)-c1c(c(F)c3ccsc3[n+]1C)O2. The fraction of sp³-hybridized carbons (Fsp3) is 0.190. The van der Waals surface area contributed by atoms with Gasteiger partial charge in [-0.15, -0.1) is 0 Å². The number of rotatable bonds is 0. The molecule has 0 saturated heterocycles. The second-order valence-electron chi connectivity index (χ2n) is 6.85. The van der Waals surface area contributed by atoms with Crippen molar-refractivity contribution in [2.75, 3.05) is 0 Å². The summed E-state index contributed by atoms with van der Waals surface area (Å²) < 4.78 is 23.4. The monoisotopic (exact) mass is 350 g/mol. The number of thiophene rings is 1. The molecule has 2 aromatic heterocycles. The van der Waals surface area contributed by atoms with Gasteiger partial charge in [-0.2, -0.15) is 4.57 Å². The van der Waals surface area contributed by atoms with E-state index in [2.05, 4.69) is 30.5 Å². The molecule has 0 atom stereocenters. The molecule has 4 heteroatoms. The first-order valence-corrected chi connectivity index (χ1v) is 9.17. The van der Waals surface area contributed by atoms with Crippen molar-refractivity contribution < 1.29 is 13.7 Å². The summed E-state index contributed by atoms with van der Waals surface area (Å²) in [6.07, 6.45) is 0. The molecule has 0 saturated carbocycles. The lowest BCUT2D eigenvalue weighted by Crippen LogP contribution is -2.33. The number of hydrogen-bond donors (Lipinski definition) is 0. The van der Waals surface area contributed by atoms with Crippen LogP contribution in [0.3, 0.4) is 0 Å². The molecule has 0 bridgehead atoms. The highest BCUT2D eigenvalue weighted by Gasteiger charge is 2.35. The number of benzene rings is 2. The van der Waals surface area contributed by atoms with Crippen LogP contribution in [0.2, 0.25) is 0 Å². The highest BCUT2D eigenvalue weighted by atomic mass is 32.1. The third-order valence-electron chi connectivity index (χ3n) is 5.25. The molecule has 5 rings (SSSR count). The Kier molecular flexibility index (Phi) is 2.85. The van der Waals surface area contributed by atoms with Crippen LogP contribution >= 0.6 is 11.3 Å². The predicted molar refractivity (Wildman–Crippen MR) is 100 cm³/mol. The molecule has 1 aliphatic heterocycles. The summed E-state index contributed by atoms with van der Waals surface area (Å²) in [7, 11) is 1.99. The molecule has 1 aliphatic rings. The van der Waals surface area contributed by atoms with Crippen LogP contribution < -0.4 is 9.30 Å². The van der Waals surface area contributed by atoms with Crippen LogP contribution in [0.4, 0.5) is 4.39 Å². The number of halogens is 1. The van der Waals surface area contributed by atoms with Gasteiger partial charge >= 0.3 is 0 Å². The number of aromatic nitrogens is 1. The summed E-state index contributed by atoms with van der Waals surface area (Å²) in [5.74, 6) is 0.807. The first-order valence-electron chi connectivity index (χ1n) is 8.29. The van der Waals surface area contributed by atoms with Crippen LogP contribution in [0, 0.1) is 26.6 Å². The van der Waals surface area contributed by atoms with Gasteiger partial charge in [0.25, 0.3) is 10.5 Å². The Hall–Kier alpha value is -2.46. The third-order valence-corrected chi connectivity index (χ3v) is 6.24. The van der Waals surface area contributed by atoms with E-state index < -0.39 is 0 Å². The van der Waals surface area contributed by atoms with Gasteiger partial charge in [-0.3, -0.25) is 0 Å². The number of ether oxygens (including phenoxy) is 1. The fourth-order valence-corrected chi connectivity index (χ4v) is 4.82. The zero-order valence-corrected chi connectivity index (χ0v) is 15.3. The van der Waals surface area contributed by atoms with E-state index in [1.165, 1.54) is 11.1 Å². The summed E-state index contributed by atoms with van der Waals surface area (Å²) in [6.45, 7) is 6.27. The molecule has 4 aromatic rings. The molecule has 0 N–H and O–H groups in total. The molecule has 0 spiro atoms. The summed E-state index contributed by atoms with van der Waals surface area (Å²) in [4.78, 5) is 0.921. The van der Waals surface area contributed by atoms with Crippen LogP contribution in [-0.4, -0.2) is 0 Å². The number of aryl methyl sites for hydroxylation is 3. The summed E-state index contributed by atoms with van der Waals surface area (Å²) in [5.41, 5.74) is 5.41. The van der Waals surface area contributed by atoms with Crippen molar-refractivity contribution in [3.05, 3.63) is 52.2 Å². The van der Waals surface area contributed by atoms with E-state index >= 15 is 4.39 Å². The van der Waals surface area contributed by atoms with Gasteiger partial charge in [-0.05, 0) is 60.4 Å². The van der Waals surface area contributed by atoms with Gasteiger partial charge in [0.2, 0.25) is 5.75 Å². The number of pyridine rings is 1. The maximum Gasteiger partial charge on any atom is 0.272 e. The molecule has 0 amide bonds. The molecule has 25 heavy (non-hydrogen) atoms. The highest BCUT2D eigenvalue weighted by Crippen LogP contribution is 2.49. The molecule has 0 fully saturated rings. The Labute approximate surface area is 149 Å². The Morgan fingerprint density at radius 3 is 2.72 bits per heavy atom. The van der Waals surface area contributed by atoms with Crippen molar-refractivity contribution in [2.45, 2.75) is 20.8 Å².